The van der Waals surface area contributed by atoms with Gasteiger partial charge in [-0.2, -0.15) is 0 Å². The predicted molar refractivity (Wildman–Crippen MR) is 71.1 cm³/mol. The van der Waals surface area contributed by atoms with Crippen molar-refractivity contribution in [3.63, 3.8) is 0 Å². The largest absolute Gasteiger partial charge is 0.235 e. The number of rotatable bonds is 7. The predicted octanol–water partition coefficient (Wildman–Crippen LogP) is 4.82. The van der Waals surface area contributed by atoms with E-state index in [9.17, 15) is 0 Å². The third-order valence-corrected chi connectivity index (χ3v) is 4.78. The van der Waals surface area contributed by atoms with Gasteiger partial charge in [-0.25, -0.2) is 4.98 Å². The van der Waals surface area contributed by atoms with Crippen molar-refractivity contribution in [1.29, 1.82) is 0 Å². The van der Waals surface area contributed by atoms with Crippen molar-refractivity contribution in [1.82, 2.24) is 4.98 Å². The van der Waals surface area contributed by atoms with Crippen LogP contribution in [0, 0.1) is 13.8 Å². The summed E-state index contributed by atoms with van der Waals surface area (Å²) in [5.41, 5.74) is 1.20. The number of hydrogen-bond acceptors (Lipinski definition) is 3. The van der Waals surface area contributed by atoms with Gasteiger partial charge in [-0.05, 0) is 20.3 Å². The first-order valence-corrected chi connectivity index (χ1v) is 7.61. The third-order valence-electron chi connectivity index (χ3n) is 2.48. The fourth-order valence-electron chi connectivity index (χ4n) is 1.37. The second kappa shape index (κ2) is 7.29. The molecule has 0 fully saturated rings. The van der Waals surface area contributed by atoms with Gasteiger partial charge in [0.25, 0.3) is 0 Å². The van der Waals surface area contributed by atoms with E-state index in [1.54, 1.807) is 0 Å². The van der Waals surface area contributed by atoms with Gasteiger partial charge in [0.1, 0.15) is 4.34 Å². The summed E-state index contributed by atoms with van der Waals surface area (Å²) in [6, 6.07) is 0. The minimum atomic E-state index is 1.20. The molecule has 0 aromatic carbocycles. The van der Waals surface area contributed by atoms with Gasteiger partial charge < -0.3 is 0 Å². The third kappa shape index (κ3) is 5.03. The Bertz CT molecular complexity index is 262. The van der Waals surface area contributed by atoms with Gasteiger partial charge in [-0.1, -0.05) is 44.4 Å². The highest BCUT2D eigenvalue weighted by Gasteiger charge is 2.03. The molecule has 15 heavy (non-hydrogen) atoms. The van der Waals surface area contributed by atoms with Crippen molar-refractivity contribution in [3.05, 3.63) is 10.6 Å². The zero-order valence-electron chi connectivity index (χ0n) is 10.0. The highest BCUT2D eigenvalue weighted by atomic mass is 32.2. The summed E-state index contributed by atoms with van der Waals surface area (Å²) in [5.74, 6) is 1.23. The summed E-state index contributed by atoms with van der Waals surface area (Å²) in [5, 5.41) is 0. The zero-order chi connectivity index (χ0) is 11.1. The smallest absolute Gasteiger partial charge is 0.150 e. The van der Waals surface area contributed by atoms with E-state index >= 15 is 0 Å². The molecular formula is C12H21NS2. The molecule has 1 nitrogen and oxygen atoms in total. The highest BCUT2D eigenvalue weighted by Crippen LogP contribution is 2.27. The second-order valence-electron chi connectivity index (χ2n) is 3.88. The molecule has 0 N–H and O–H groups in total. The van der Waals surface area contributed by atoms with Gasteiger partial charge in [0.05, 0.1) is 5.69 Å². The first-order valence-electron chi connectivity index (χ1n) is 5.81. The molecule has 1 heterocycles. The molecule has 0 saturated carbocycles. The number of thioether (sulfide) groups is 1. The van der Waals surface area contributed by atoms with Crippen molar-refractivity contribution in [2.24, 2.45) is 0 Å². The van der Waals surface area contributed by atoms with E-state index in [1.807, 2.05) is 23.1 Å². The molecule has 3 heteroatoms. The topological polar surface area (TPSA) is 12.9 Å². The number of aryl methyl sites for hydroxylation is 2. The minimum Gasteiger partial charge on any atom is -0.235 e. The molecule has 0 bridgehead atoms. The van der Waals surface area contributed by atoms with Crippen LogP contribution in [0.25, 0.3) is 0 Å². The summed E-state index contributed by atoms with van der Waals surface area (Å²) in [7, 11) is 0. The Hall–Kier alpha value is -0.0200. The van der Waals surface area contributed by atoms with Crippen molar-refractivity contribution in [3.8, 4) is 0 Å². The van der Waals surface area contributed by atoms with Crippen LogP contribution < -0.4 is 0 Å². The van der Waals surface area contributed by atoms with E-state index < -0.39 is 0 Å². The molecule has 0 aliphatic rings. The number of unbranched alkanes of at least 4 members (excludes halogenated alkanes) is 4. The first kappa shape index (κ1) is 13.0. The first-order chi connectivity index (χ1) is 7.24. The molecule has 0 aliphatic heterocycles. The van der Waals surface area contributed by atoms with E-state index in [1.165, 1.54) is 52.8 Å². The van der Waals surface area contributed by atoms with Crippen molar-refractivity contribution in [2.45, 2.75) is 57.2 Å². The normalized spacial score (nSPS) is 10.9. The Balaban J connectivity index is 2.10. The summed E-state index contributed by atoms with van der Waals surface area (Å²) in [4.78, 5) is 5.89. The molecule has 0 unspecified atom stereocenters. The number of thiazole rings is 1. The molecule has 0 amide bonds. The molecule has 0 saturated heterocycles. The Morgan fingerprint density at radius 3 is 2.47 bits per heavy atom. The van der Waals surface area contributed by atoms with Gasteiger partial charge in [0, 0.05) is 10.6 Å². The second-order valence-corrected chi connectivity index (χ2v) is 6.43. The van der Waals surface area contributed by atoms with Crippen molar-refractivity contribution in [2.75, 3.05) is 5.75 Å². The Morgan fingerprint density at radius 1 is 1.13 bits per heavy atom. The fraction of sp³-hybridized carbons (Fsp3) is 0.750. The van der Waals surface area contributed by atoms with E-state index in [0.717, 1.165) is 0 Å². The van der Waals surface area contributed by atoms with Crippen molar-refractivity contribution < 1.29 is 0 Å². The highest BCUT2D eigenvalue weighted by molar-refractivity contribution is 8.01. The lowest BCUT2D eigenvalue weighted by atomic mass is 10.2. The Labute approximate surface area is 102 Å². The van der Waals surface area contributed by atoms with Gasteiger partial charge >= 0.3 is 0 Å². The van der Waals surface area contributed by atoms with Crippen LogP contribution in [0.2, 0.25) is 0 Å². The molecule has 1 aromatic rings. The summed E-state index contributed by atoms with van der Waals surface area (Å²) < 4.78 is 1.25. The maximum absolute atomic E-state index is 4.53. The number of aromatic nitrogens is 1. The van der Waals surface area contributed by atoms with Crippen molar-refractivity contribution >= 4 is 23.1 Å². The van der Waals surface area contributed by atoms with Gasteiger partial charge in [0.15, 0.2) is 0 Å². The van der Waals surface area contributed by atoms with Gasteiger partial charge in [0.2, 0.25) is 0 Å². The van der Waals surface area contributed by atoms with Crippen LogP contribution in [0.15, 0.2) is 4.34 Å². The maximum Gasteiger partial charge on any atom is 0.150 e. The number of hydrogen-bond donors (Lipinski definition) is 0. The average Bonchev–Trinajstić information content (AvgIpc) is 2.52. The van der Waals surface area contributed by atoms with Crippen LogP contribution in [0.5, 0.6) is 0 Å². The van der Waals surface area contributed by atoms with E-state index in [0.29, 0.717) is 0 Å². The standard InChI is InChI=1S/C12H21NS2/c1-4-5-6-7-8-9-14-12-13-10(2)11(3)15-12/h4-9H2,1-3H3. The molecular weight excluding hydrogens is 222 g/mol. The van der Waals surface area contributed by atoms with Crippen LogP contribution in [-0.4, -0.2) is 10.7 Å². The molecule has 0 aliphatic carbocycles. The lowest BCUT2D eigenvalue weighted by Crippen LogP contribution is -1.81. The Kier molecular flexibility index (Phi) is 6.34. The summed E-state index contributed by atoms with van der Waals surface area (Å²) in [6.45, 7) is 6.51. The lowest BCUT2D eigenvalue weighted by molar-refractivity contribution is 0.659. The Morgan fingerprint density at radius 2 is 1.87 bits per heavy atom. The SMILES string of the molecule is CCCCCCCSc1nc(C)c(C)s1. The molecule has 86 valence electrons. The van der Waals surface area contributed by atoms with E-state index in [2.05, 4.69) is 25.8 Å². The average molecular weight is 243 g/mol. The summed E-state index contributed by atoms with van der Waals surface area (Å²) in [6.07, 6.45) is 6.83. The van der Waals surface area contributed by atoms with Crippen LogP contribution >= 0.6 is 23.1 Å². The molecule has 1 aromatic heterocycles. The molecule has 1 rings (SSSR count). The molecule has 0 atom stereocenters. The van der Waals surface area contributed by atoms with Crippen LogP contribution in [-0.2, 0) is 0 Å². The lowest BCUT2D eigenvalue weighted by Gasteiger charge is -1.98. The quantitative estimate of drug-likeness (QED) is 0.503. The monoisotopic (exact) mass is 243 g/mol. The van der Waals surface area contributed by atoms with E-state index in [4.69, 9.17) is 0 Å². The fourth-order valence-corrected chi connectivity index (χ4v) is 3.59. The molecule has 0 radical (unpaired) electrons. The summed E-state index contributed by atoms with van der Waals surface area (Å²) >= 11 is 3.76. The van der Waals surface area contributed by atoms with Crippen LogP contribution in [0.4, 0.5) is 0 Å². The van der Waals surface area contributed by atoms with Crippen LogP contribution in [0.1, 0.15) is 49.6 Å². The molecule has 0 spiro atoms. The van der Waals surface area contributed by atoms with Gasteiger partial charge in [-0.3, -0.25) is 0 Å². The van der Waals surface area contributed by atoms with Gasteiger partial charge in [-0.15, -0.1) is 11.3 Å². The minimum absolute atomic E-state index is 1.20. The zero-order valence-corrected chi connectivity index (χ0v) is 11.6. The maximum atomic E-state index is 4.53. The number of nitrogens with zero attached hydrogens (tertiary/aromatic N) is 1. The van der Waals surface area contributed by atoms with E-state index in [-0.39, 0.29) is 0 Å². The van der Waals surface area contributed by atoms with Crippen LogP contribution in [0.3, 0.4) is 0 Å².